The van der Waals surface area contributed by atoms with Gasteiger partial charge in [-0.15, -0.1) is 0 Å². The van der Waals surface area contributed by atoms with Gasteiger partial charge in [0.2, 0.25) is 0 Å². The highest BCUT2D eigenvalue weighted by Crippen LogP contribution is 2.28. The lowest BCUT2D eigenvalue weighted by atomic mass is 10.2. The number of ether oxygens (including phenoxy) is 1. The van der Waals surface area contributed by atoms with Crippen LogP contribution >= 0.6 is 15.9 Å². The average molecular weight is 332 g/mol. The van der Waals surface area contributed by atoms with Gasteiger partial charge >= 0.3 is 0 Å². The van der Waals surface area contributed by atoms with Gasteiger partial charge in [0, 0.05) is 10.7 Å². The molecule has 2 rings (SSSR count). The minimum absolute atomic E-state index is 0.228. The van der Waals surface area contributed by atoms with Crippen molar-refractivity contribution in [2.24, 2.45) is 0 Å². The molecule has 2 aromatic rings. The minimum Gasteiger partial charge on any atom is -0.495 e. The summed E-state index contributed by atoms with van der Waals surface area (Å²) in [5, 5.41) is 11.4. The summed E-state index contributed by atoms with van der Waals surface area (Å²) in [5.41, 5.74) is 1.17. The highest BCUT2D eigenvalue weighted by Gasteiger charge is 2.11. The Kier molecular flexibility index (Phi) is 4.33. The summed E-state index contributed by atoms with van der Waals surface area (Å²) in [7, 11) is 1.53. The minimum atomic E-state index is -0.370. The van der Waals surface area contributed by atoms with E-state index in [0.29, 0.717) is 17.0 Å². The first-order valence-electron chi connectivity index (χ1n) is 5.65. The molecule has 0 fully saturated rings. The monoisotopic (exact) mass is 331 g/mol. The Morgan fingerprint density at radius 1 is 1.40 bits per heavy atom. The molecule has 0 atom stereocenters. The smallest absolute Gasteiger partial charge is 0.274 e. The number of pyridine rings is 1. The first-order chi connectivity index (χ1) is 9.63. The predicted octanol–water partition coefficient (Wildman–Crippen LogP) is 2.98. The van der Waals surface area contributed by atoms with Gasteiger partial charge in [-0.05, 0) is 30.3 Å². The fourth-order valence-corrected chi connectivity index (χ4v) is 1.92. The van der Waals surface area contributed by atoms with Crippen molar-refractivity contribution in [3.05, 3.63) is 52.3 Å². The molecule has 1 heterocycles. The number of methoxy groups -OCH3 is 1. The SMILES string of the molecule is COc1ccc(Br)cc1NC(=O)c1ccc(C#N)cn1. The summed E-state index contributed by atoms with van der Waals surface area (Å²) >= 11 is 3.33. The lowest BCUT2D eigenvalue weighted by molar-refractivity contribution is 0.102. The van der Waals surface area contributed by atoms with E-state index in [4.69, 9.17) is 10.00 Å². The Balaban J connectivity index is 2.23. The molecule has 0 saturated carbocycles. The maximum atomic E-state index is 12.1. The summed E-state index contributed by atoms with van der Waals surface area (Å²) < 4.78 is 6.00. The number of amides is 1. The number of hydrogen-bond donors (Lipinski definition) is 1. The molecular formula is C14H10BrN3O2. The van der Waals surface area contributed by atoms with Crippen molar-refractivity contribution in [1.29, 1.82) is 5.26 Å². The van der Waals surface area contributed by atoms with Crippen LogP contribution in [0.15, 0.2) is 41.0 Å². The average Bonchev–Trinajstić information content (AvgIpc) is 2.47. The van der Waals surface area contributed by atoms with E-state index in [2.05, 4.69) is 26.2 Å². The molecule has 1 N–H and O–H groups in total. The van der Waals surface area contributed by atoms with Crippen LogP contribution in [0.2, 0.25) is 0 Å². The molecule has 1 aromatic heterocycles. The van der Waals surface area contributed by atoms with Gasteiger partial charge < -0.3 is 10.1 Å². The van der Waals surface area contributed by atoms with Crippen LogP contribution in [0.4, 0.5) is 5.69 Å². The molecule has 5 nitrogen and oxygen atoms in total. The number of anilines is 1. The number of rotatable bonds is 3. The van der Waals surface area contributed by atoms with Crippen LogP contribution in [-0.4, -0.2) is 18.0 Å². The van der Waals surface area contributed by atoms with Gasteiger partial charge in [0.25, 0.3) is 5.91 Å². The zero-order valence-corrected chi connectivity index (χ0v) is 12.1. The molecule has 0 bridgehead atoms. The van der Waals surface area contributed by atoms with Crippen LogP contribution in [-0.2, 0) is 0 Å². The molecule has 0 unspecified atom stereocenters. The van der Waals surface area contributed by atoms with E-state index in [-0.39, 0.29) is 11.6 Å². The number of carbonyl (C=O) groups excluding carboxylic acids is 1. The van der Waals surface area contributed by atoms with Gasteiger partial charge in [0.05, 0.1) is 18.4 Å². The normalized spacial score (nSPS) is 9.65. The maximum absolute atomic E-state index is 12.1. The molecule has 0 aliphatic rings. The second-order valence-corrected chi connectivity index (χ2v) is 4.76. The lowest BCUT2D eigenvalue weighted by Crippen LogP contribution is -2.14. The number of nitrogens with zero attached hydrogens (tertiary/aromatic N) is 2. The second-order valence-electron chi connectivity index (χ2n) is 3.84. The van der Waals surface area contributed by atoms with E-state index < -0.39 is 0 Å². The molecule has 0 saturated heterocycles. The largest absolute Gasteiger partial charge is 0.495 e. The molecular weight excluding hydrogens is 322 g/mol. The van der Waals surface area contributed by atoms with Crippen molar-refractivity contribution in [1.82, 2.24) is 4.98 Å². The third-order valence-corrected chi connectivity index (χ3v) is 3.03. The predicted molar refractivity (Wildman–Crippen MR) is 77.6 cm³/mol. The lowest BCUT2D eigenvalue weighted by Gasteiger charge is -2.10. The van der Waals surface area contributed by atoms with Crippen LogP contribution in [0.3, 0.4) is 0 Å². The van der Waals surface area contributed by atoms with Crippen molar-refractivity contribution < 1.29 is 9.53 Å². The highest BCUT2D eigenvalue weighted by molar-refractivity contribution is 9.10. The zero-order chi connectivity index (χ0) is 14.5. The Morgan fingerprint density at radius 3 is 2.80 bits per heavy atom. The first kappa shape index (κ1) is 14.0. The van der Waals surface area contributed by atoms with E-state index in [1.165, 1.54) is 19.4 Å². The number of carbonyl (C=O) groups is 1. The Hall–Kier alpha value is -2.39. The van der Waals surface area contributed by atoms with Gasteiger partial charge in [-0.3, -0.25) is 4.79 Å². The molecule has 1 amide bonds. The third kappa shape index (κ3) is 3.13. The molecule has 0 aliphatic carbocycles. The van der Waals surface area contributed by atoms with Gasteiger partial charge in [0.1, 0.15) is 17.5 Å². The number of hydrogen-bond acceptors (Lipinski definition) is 4. The zero-order valence-electron chi connectivity index (χ0n) is 10.6. The van der Waals surface area contributed by atoms with Crippen LogP contribution in [0, 0.1) is 11.3 Å². The number of nitrogens with one attached hydrogen (secondary N) is 1. The quantitative estimate of drug-likeness (QED) is 0.938. The summed E-state index contributed by atoms with van der Waals surface area (Å²) in [4.78, 5) is 16.0. The third-order valence-electron chi connectivity index (χ3n) is 2.53. The molecule has 6 heteroatoms. The Morgan fingerprint density at radius 2 is 2.20 bits per heavy atom. The van der Waals surface area contributed by atoms with Gasteiger partial charge in [-0.25, -0.2) is 4.98 Å². The molecule has 0 spiro atoms. The van der Waals surface area contributed by atoms with E-state index in [1.807, 2.05) is 12.1 Å². The molecule has 0 aliphatic heterocycles. The molecule has 0 radical (unpaired) electrons. The fourth-order valence-electron chi connectivity index (χ4n) is 1.56. The second kappa shape index (κ2) is 6.17. The van der Waals surface area contributed by atoms with E-state index >= 15 is 0 Å². The molecule has 20 heavy (non-hydrogen) atoms. The van der Waals surface area contributed by atoms with Crippen LogP contribution < -0.4 is 10.1 Å². The summed E-state index contributed by atoms with van der Waals surface area (Å²) in [5.74, 6) is 0.182. The first-order valence-corrected chi connectivity index (χ1v) is 6.44. The number of nitriles is 1. The number of benzene rings is 1. The number of aromatic nitrogens is 1. The van der Waals surface area contributed by atoms with Gasteiger partial charge in [0.15, 0.2) is 0 Å². The van der Waals surface area contributed by atoms with E-state index in [9.17, 15) is 4.79 Å². The summed E-state index contributed by atoms with van der Waals surface area (Å²) in [6.45, 7) is 0. The maximum Gasteiger partial charge on any atom is 0.274 e. The summed E-state index contributed by atoms with van der Waals surface area (Å²) in [6.07, 6.45) is 1.35. The van der Waals surface area contributed by atoms with Crippen LogP contribution in [0.1, 0.15) is 16.1 Å². The fraction of sp³-hybridized carbons (Fsp3) is 0.0714. The highest BCUT2D eigenvalue weighted by atomic mass is 79.9. The van der Waals surface area contributed by atoms with Gasteiger partial charge in [-0.1, -0.05) is 15.9 Å². The number of halogens is 1. The Labute approximate surface area is 124 Å². The van der Waals surface area contributed by atoms with Crippen molar-refractivity contribution in [2.75, 3.05) is 12.4 Å². The topological polar surface area (TPSA) is 75.0 Å². The van der Waals surface area contributed by atoms with Crippen molar-refractivity contribution in [3.8, 4) is 11.8 Å². The molecule has 100 valence electrons. The summed E-state index contributed by atoms with van der Waals surface area (Å²) in [6, 6.07) is 10.3. The van der Waals surface area contributed by atoms with E-state index in [0.717, 1.165) is 4.47 Å². The van der Waals surface area contributed by atoms with Crippen molar-refractivity contribution in [2.45, 2.75) is 0 Å². The van der Waals surface area contributed by atoms with Crippen LogP contribution in [0.5, 0.6) is 5.75 Å². The Bertz CT molecular complexity index is 678. The standard InChI is InChI=1S/C14H10BrN3O2/c1-20-13-5-3-10(15)6-12(13)18-14(19)11-4-2-9(7-16)8-17-11/h2-6,8H,1H3,(H,18,19). The van der Waals surface area contributed by atoms with E-state index in [1.54, 1.807) is 18.2 Å². The van der Waals surface area contributed by atoms with Crippen LogP contribution in [0.25, 0.3) is 0 Å². The van der Waals surface area contributed by atoms with Crippen molar-refractivity contribution in [3.63, 3.8) is 0 Å². The van der Waals surface area contributed by atoms with Crippen molar-refractivity contribution >= 4 is 27.5 Å². The van der Waals surface area contributed by atoms with Gasteiger partial charge in [-0.2, -0.15) is 5.26 Å². The molecule has 1 aromatic carbocycles.